The van der Waals surface area contributed by atoms with Crippen molar-refractivity contribution in [3.05, 3.63) is 272 Å². The maximum atomic E-state index is 4.93. The largest absolute Gasteiger partial charge is 3.00 e. The van der Waals surface area contributed by atoms with Crippen LogP contribution in [-0.2, 0) is 81.6 Å². The molecule has 15 rings (SSSR count). The Morgan fingerprint density at radius 2 is 0.389 bits per heavy atom. The van der Waals surface area contributed by atoms with E-state index in [1.54, 1.807) is 37.2 Å². The van der Waals surface area contributed by atoms with Crippen LogP contribution >= 0.6 is 0 Å². The van der Waals surface area contributed by atoms with Crippen LogP contribution in [0.4, 0.5) is 0 Å². The summed E-state index contributed by atoms with van der Waals surface area (Å²) in [6.45, 7) is 4.15. The van der Waals surface area contributed by atoms with E-state index in [4.69, 9.17) is 29.9 Å². The van der Waals surface area contributed by atoms with Gasteiger partial charge in [-0.05, 0) is 109 Å². The summed E-state index contributed by atoms with van der Waals surface area (Å²) in [6, 6.07) is 66.9. The van der Waals surface area contributed by atoms with Gasteiger partial charge < -0.3 is 99.3 Å². The SMILES string of the molecule is Cn1c(CN(Cc2nc3ccccc3n2C)Cc2nc3ccccc3n2C)nc2ccccc21.Cn1c(CN(Cc2nc3ccccc3n2C)Cc2nc3ccccc3n2C)nc2ccccc21.[I-].[I-].[I-].[U+3].c1ccncc1.c1ccncc1.c1ccncc1. The number of nitrogens with zero attached hydrogens (tertiary/aromatic N) is 17. The number of imidazole rings is 6. The number of aromatic nitrogens is 15. The number of fused-ring (bicyclic) bond motifs is 6. The Morgan fingerprint density at radius 3 is 0.511 bits per heavy atom. The third-order valence-corrected chi connectivity index (χ3v) is 15.2. The van der Waals surface area contributed by atoms with Gasteiger partial charge in [-0.1, -0.05) is 91.0 Å². The van der Waals surface area contributed by atoms with Gasteiger partial charge >= 0.3 is 31.1 Å². The molecule has 15 aromatic rings. The number of hydrogen-bond donors (Lipinski definition) is 0. The quantitative estimate of drug-likeness (QED) is 0.166. The molecule has 0 fully saturated rings. The molecule has 0 aliphatic carbocycles. The molecule has 9 heterocycles. The molecule has 0 saturated heterocycles. The number of benzene rings is 6. The first kappa shape index (κ1) is 70.2. The second-order valence-electron chi connectivity index (χ2n) is 20.8. The maximum Gasteiger partial charge on any atom is 3.00 e. The second kappa shape index (κ2) is 34.3. The average molecular weight is 1760 g/mol. The van der Waals surface area contributed by atoms with E-state index in [2.05, 4.69) is 204 Å². The zero-order chi connectivity index (χ0) is 59.2. The van der Waals surface area contributed by atoms with Crippen LogP contribution in [0.5, 0.6) is 0 Å². The van der Waals surface area contributed by atoms with E-state index in [1.165, 1.54) is 0 Å². The first-order chi connectivity index (χ1) is 42.2. The molecule has 21 heteroatoms. The predicted octanol–water partition coefficient (Wildman–Crippen LogP) is 3.36. The number of para-hydroxylation sites is 12. The van der Waals surface area contributed by atoms with Crippen molar-refractivity contribution in [2.75, 3.05) is 0 Å². The van der Waals surface area contributed by atoms with Gasteiger partial charge in [0.15, 0.2) is 0 Å². The zero-order valence-electron chi connectivity index (χ0n) is 51.0. The standard InChI is InChI=1S/2C27H27N7.3C5H5N.3HI.U/c2*1-31-22-13-7-4-10-19(22)28-25(31)16-34(17-26-29-20-11-5-8-14-23(20)32(26)2)18-27-30-21-12-6-9-15-24(21)33(27)3;3*1-2-4-6-5-3-1;;;;/h2*4-15H,16-18H2,1-3H3;3*1-5H;3*1H;/q;;;;;;;;+3/p-3. The number of aryl methyl sites for hydroxylation is 6. The minimum Gasteiger partial charge on any atom is -1.00 e. The van der Waals surface area contributed by atoms with Crippen molar-refractivity contribution in [3.63, 3.8) is 0 Å². The van der Waals surface area contributed by atoms with E-state index in [0.29, 0.717) is 39.3 Å². The minimum absolute atomic E-state index is 0. The van der Waals surface area contributed by atoms with Gasteiger partial charge in [-0.25, -0.2) is 29.9 Å². The van der Waals surface area contributed by atoms with Crippen molar-refractivity contribution in [1.29, 1.82) is 0 Å². The van der Waals surface area contributed by atoms with Crippen molar-refractivity contribution >= 4 is 66.2 Å². The van der Waals surface area contributed by atoms with E-state index in [-0.39, 0.29) is 103 Å². The van der Waals surface area contributed by atoms with Crippen LogP contribution in [0.1, 0.15) is 34.9 Å². The molecule has 0 bridgehead atoms. The summed E-state index contributed by atoms with van der Waals surface area (Å²) in [6.07, 6.45) is 10.5. The van der Waals surface area contributed by atoms with Gasteiger partial charge in [0.25, 0.3) is 0 Å². The molecule has 6 aromatic carbocycles. The number of hydrogen-bond acceptors (Lipinski definition) is 11. The monoisotopic (exact) mass is 1750 g/mol. The zero-order valence-corrected chi connectivity index (χ0v) is 61.6. The minimum atomic E-state index is 0. The van der Waals surface area contributed by atoms with Gasteiger partial charge in [-0.2, -0.15) is 0 Å². The molecule has 0 aliphatic heterocycles. The van der Waals surface area contributed by atoms with Crippen LogP contribution in [0.2, 0.25) is 0 Å². The molecular formula is C69H69I3N17U. The van der Waals surface area contributed by atoms with Crippen LogP contribution in [-0.4, -0.2) is 82.1 Å². The molecule has 0 atom stereocenters. The summed E-state index contributed by atoms with van der Waals surface area (Å²) in [5.41, 5.74) is 13.0. The van der Waals surface area contributed by atoms with Crippen LogP contribution in [0.3, 0.4) is 0 Å². The Balaban J connectivity index is 0.000000193. The molecule has 0 spiro atoms. The molecule has 90 heavy (non-hydrogen) atoms. The number of pyridine rings is 3. The Kier molecular flexibility index (Phi) is 26.7. The molecular weight excluding hydrogens is 1690 g/mol. The van der Waals surface area contributed by atoms with E-state index < -0.39 is 0 Å². The molecule has 0 amide bonds. The Morgan fingerprint density at radius 1 is 0.233 bits per heavy atom. The molecule has 0 aliphatic rings. The van der Waals surface area contributed by atoms with Crippen molar-refractivity contribution in [1.82, 2.24) is 82.1 Å². The Labute approximate surface area is 599 Å². The van der Waals surface area contributed by atoms with Gasteiger partial charge in [-0.3, -0.25) is 24.8 Å². The maximum absolute atomic E-state index is 4.93. The summed E-state index contributed by atoms with van der Waals surface area (Å²) in [7, 11) is 12.5. The van der Waals surface area contributed by atoms with Crippen LogP contribution in [0.15, 0.2) is 237 Å². The van der Waals surface area contributed by atoms with Crippen LogP contribution in [0, 0.1) is 31.1 Å². The fourth-order valence-corrected chi connectivity index (χ4v) is 10.5. The third kappa shape index (κ3) is 17.2. The molecule has 1 radical (unpaired) electrons. The van der Waals surface area contributed by atoms with Crippen molar-refractivity contribution in [3.8, 4) is 0 Å². The van der Waals surface area contributed by atoms with E-state index in [1.807, 2.05) is 91.0 Å². The smallest absolute Gasteiger partial charge is 1.00 e. The number of halogens is 3. The van der Waals surface area contributed by atoms with Crippen LogP contribution < -0.4 is 71.9 Å². The number of rotatable bonds is 12. The fraction of sp³-hybridized carbons (Fsp3) is 0.174. The van der Waals surface area contributed by atoms with Gasteiger partial charge in [0, 0.05) is 79.5 Å². The normalized spacial score (nSPS) is 10.7. The molecule has 455 valence electrons. The van der Waals surface area contributed by atoms with Gasteiger partial charge in [0.1, 0.15) is 34.9 Å². The topological polar surface area (TPSA) is 152 Å². The summed E-state index contributed by atoms with van der Waals surface area (Å²) < 4.78 is 13.1. The Hall–Kier alpha value is -7.25. The summed E-state index contributed by atoms with van der Waals surface area (Å²) >= 11 is 0. The summed E-state index contributed by atoms with van der Waals surface area (Å²) in [5.74, 6) is 6.16. The van der Waals surface area contributed by atoms with Gasteiger partial charge in [-0.15, -0.1) is 0 Å². The van der Waals surface area contributed by atoms with Crippen LogP contribution in [0.25, 0.3) is 66.2 Å². The first-order valence-corrected chi connectivity index (χ1v) is 28.6. The Bertz CT molecular complexity index is 3830. The molecule has 9 aromatic heterocycles. The predicted molar refractivity (Wildman–Crippen MR) is 343 cm³/mol. The fourth-order valence-electron chi connectivity index (χ4n) is 10.5. The average Bonchev–Trinajstić information content (AvgIpc) is 1.80. The molecule has 17 nitrogen and oxygen atoms in total. The third-order valence-electron chi connectivity index (χ3n) is 15.2. The van der Waals surface area contributed by atoms with Gasteiger partial charge in [0.2, 0.25) is 0 Å². The summed E-state index contributed by atoms with van der Waals surface area (Å²) in [4.78, 5) is 45.7. The van der Waals surface area contributed by atoms with E-state index in [9.17, 15) is 0 Å². The second-order valence-corrected chi connectivity index (χ2v) is 20.8. The van der Waals surface area contributed by atoms with Crippen molar-refractivity contribution in [2.45, 2.75) is 39.3 Å². The van der Waals surface area contributed by atoms with E-state index in [0.717, 1.165) is 101 Å². The van der Waals surface area contributed by atoms with E-state index >= 15 is 0 Å². The summed E-state index contributed by atoms with van der Waals surface area (Å²) in [5, 5.41) is 0. The molecule has 0 unspecified atom stereocenters. The molecule has 0 N–H and O–H groups in total. The van der Waals surface area contributed by atoms with Gasteiger partial charge in [0.05, 0.1) is 105 Å². The van der Waals surface area contributed by atoms with Crippen molar-refractivity contribution < 1.29 is 103 Å². The molecule has 0 saturated carbocycles. The van der Waals surface area contributed by atoms with Crippen molar-refractivity contribution in [2.24, 2.45) is 42.3 Å². The first-order valence-electron chi connectivity index (χ1n) is 28.6.